The van der Waals surface area contributed by atoms with Crippen LogP contribution in [0.3, 0.4) is 0 Å². The minimum absolute atomic E-state index is 0.438. The minimum Gasteiger partial charge on any atom is -0.530 e. The molecule has 5 nitrogen and oxygen atoms in total. The highest BCUT2D eigenvalue weighted by Crippen LogP contribution is 2.55. The van der Waals surface area contributed by atoms with Crippen molar-refractivity contribution in [1.29, 1.82) is 0 Å². The van der Waals surface area contributed by atoms with E-state index in [0.29, 0.717) is 28.1 Å². The van der Waals surface area contributed by atoms with Gasteiger partial charge in [-0.1, -0.05) is 29.8 Å². The number of rotatable bonds is 2. The van der Waals surface area contributed by atoms with Gasteiger partial charge in [-0.3, -0.25) is 0 Å². The number of carbonyl (C=O) groups is 1. The number of nitrogens with one attached hydrogen (secondary N) is 1. The lowest BCUT2D eigenvalue weighted by atomic mass is 9.74. The number of hydrogen-bond acceptors (Lipinski definition) is 4. The van der Waals surface area contributed by atoms with Crippen LogP contribution in [0.15, 0.2) is 24.3 Å². The second kappa shape index (κ2) is 5.74. The van der Waals surface area contributed by atoms with E-state index >= 15 is 0 Å². The first kappa shape index (κ1) is 18.3. The quantitative estimate of drug-likeness (QED) is 0.868. The zero-order valence-corrected chi connectivity index (χ0v) is 16.0. The van der Waals surface area contributed by atoms with Gasteiger partial charge in [0.15, 0.2) is 5.60 Å². The SMILES string of the molecule is Cc1ccc(C2(O)c3c(C)c(NC(=O)[O-])c(C)c(C)c3OC2(C)C)cc1. The summed E-state index contributed by atoms with van der Waals surface area (Å²) in [6.07, 6.45) is -1.38. The average Bonchev–Trinajstić information content (AvgIpc) is 2.78. The molecule has 2 aromatic rings. The zero-order chi connectivity index (χ0) is 19.4. The number of carbonyl (C=O) groups excluding carboxylic acids is 1. The first-order valence-electron chi connectivity index (χ1n) is 8.61. The molecule has 0 aromatic heterocycles. The van der Waals surface area contributed by atoms with Crippen molar-refractivity contribution in [1.82, 2.24) is 0 Å². The highest BCUT2D eigenvalue weighted by atomic mass is 16.5. The van der Waals surface area contributed by atoms with E-state index in [9.17, 15) is 15.0 Å². The summed E-state index contributed by atoms with van der Waals surface area (Å²) in [5.74, 6) is 0.608. The zero-order valence-electron chi connectivity index (χ0n) is 16.0. The molecule has 1 atom stereocenters. The predicted molar refractivity (Wildman–Crippen MR) is 98.6 cm³/mol. The van der Waals surface area contributed by atoms with Crippen molar-refractivity contribution in [2.24, 2.45) is 0 Å². The Bertz CT molecular complexity index is 899. The summed E-state index contributed by atoms with van der Waals surface area (Å²) in [5.41, 5.74) is 2.68. The van der Waals surface area contributed by atoms with Crippen LogP contribution in [0.4, 0.5) is 10.5 Å². The summed E-state index contributed by atoms with van der Waals surface area (Å²) in [5, 5.41) is 25.4. The molecular weight excluding hydrogens is 330 g/mol. The van der Waals surface area contributed by atoms with Crippen LogP contribution in [0.1, 0.15) is 47.2 Å². The highest BCUT2D eigenvalue weighted by Gasteiger charge is 2.56. The third-order valence-corrected chi connectivity index (χ3v) is 5.54. The lowest BCUT2D eigenvalue weighted by Crippen LogP contribution is -2.47. The maximum Gasteiger partial charge on any atom is 0.157 e. The molecule has 138 valence electrons. The summed E-state index contributed by atoms with van der Waals surface area (Å²) in [7, 11) is 0. The molecule has 0 bridgehead atoms. The smallest absolute Gasteiger partial charge is 0.157 e. The Labute approximate surface area is 153 Å². The van der Waals surface area contributed by atoms with Crippen LogP contribution >= 0.6 is 0 Å². The standard InChI is InChI=1S/C21H25NO4/c1-11-7-9-15(10-8-11)21(25)16-14(4)17(22-19(23)24)12(2)13(3)18(16)26-20(21,5)6/h7-10,22,25H,1-6H3,(H,23,24)/p-1. The van der Waals surface area contributed by atoms with Crippen molar-refractivity contribution in [2.45, 2.75) is 52.7 Å². The first-order chi connectivity index (χ1) is 12.0. The van der Waals surface area contributed by atoms with Crippen LogP contribution in [0.5, 0.6) is 5.75 Å². The largest absolute Gasteiger partial charge is 0.530 e. The Morgan fingerprint density at radius 1 is 1.04 bits per heavy atom. The lowest BCUT2D eigenvalue weighted by Gasteiger charge is -2.36. The summed E-state index contributed by atoms with van der Waals surface area (Å²) < 4.78 is 6.21. The fourth-order valence-corrected chi connectivity index (χ4v) is 3.89. The molecule has 3 rings (SSSR count). The van der Waals surface area contributed by atoms with Crippen LogP contribution in [0.2, 0.25) is 0 Å². The molecule has 1 heterocycles. The fourth-order valence-electron chi connectivity index (χ4n) is 3.89. The van der Waals surface area contributed by atoms with Crippen LogP contribution < -0.4 is 15.2 Å². The van der Waals surface area contributed by atoms with Gasteiger partial charge in [-0.2, -0.15) is 0 Å². The summed E-state index contributed by atoms with van der Waals surface area (Å²) >= 11 is 0. The summed E-state index contributed by atoms with van der Waals surface area (Å²) in [6.45, 7) is 11.2. The van der Waals surface area contributed by atoms with Gasteiger partial charge in [0.05, 0.1) is 0 Å². The molecule has 5 heteroatoms. The van der Waals surface area contributed by atoms with Crippen LogP contribution in [-0.4, -0.2) is 16.8 Å². The third kappa shape index (κ3) is 2.38. The summed E-state index contributed by atoms with van der Waals surface area (Å²) in [4.78, 5) is 11.2. The van der Waals surface area contributed by atoms with Crippen LogP contribution in [0, 0.1) is 27.7 Å². The number of aliphatic hydroxyl groups is 1. The first-order valence-corrected chi connectivity index (χ1v) is 8.61. The van der Waals surface area contributed by atoms with Crippen LogP contribution in [0.25, 0.3) is 0 Å². The third-order valence-electron chi connectivity index (χ3n) is 5.54. The molecule has 1 aliphatic heterocycles. The van der Waals surface area contributed by atoms with E-state index in [2.05, 4.69) is 5.32 Å². The Balaban J connectivity index is 2.36. The van der Waals surface area contributed by atoms with E-state index < -0.39 is 17.3 Å². The molecule has 0 radical (unpaired) electrons. The Morgan fingerprint density at radius 3 is 2.15 bits per heavy atom. The second-order valence-electron chi connectivity index (χ2n) is 7.56. The minimum atomic E-state index is -1.42. The predicted octanol–water partition coefficient (Wildman–Crippen LogP) is 3.08. The number of benzene rings is 2. The van der Waals surface area contributed by atoms with Gasteiger partial charge in [0, 0.05) is 11.3 Å². The fraction of sp³-hybridized carbons (Fsp3) is 0.381. The number of hydrogen-bond donors (Lipinski definition) is 2. The van der Waals surface area contributed by atoms with Gasteiger partial charge in [0.25, 0.3) is 0 Å². The van der Waals surface area contributed by atoms with E-state index in [1.165, 1.54) is 0 Å². The van der Waals surface area contributed by atoms with Gasteiger partial charge in [-0.25, -0.2) is 0 Å². The number of ether oxygens (including phenoxy) is 1. The maximum absolute atomic E-state index is 11.9. The number of fused-ring (bicyclic) bond motifs is 1. The normalized spacial score (nSPS) is 20.4. The molecule has 0 fully saturated rings. The van der Waals surface area contributed by atoms with Crippen LogP contribution in [-0.2, 0) is 5.60 Å². The van der Waals surface area contributed by atoms with Gasteiger partial charge in [0.1, 0.15) is 17.4 Å². The van der Waals surface area contributed by atoms with E-state index in [1.54, 1.807) is 6.92 Å². The van der Waals surface area contributed by atoms with E-state index in [1.807, 2.05) is 58.9 Å². The average molecular weight is 354 g/mol. The van der Waals surface area contributed by atoms with Gasteiger partial charge >= 0.3 is 0 Å². The Kier molecular flexibility index (Phi) is 4.03. The molecular formula is C21H24NO4-. The van der Waals surface area contributed by atoms with Crippen molar-refractivity contribution in [3.05, 3.63) is 57.6 Å². The number of carboxylic acid groups (broad SMARTS) is 1. The molecule has 0 aliphatic carbocycles. The van der Waals surface area contributed by atoms with Gasteiger partial charge in [-0.15, -0.1) is 0 Å². The number of anilines is 1. The van der Waals surface area contributed by atoms with Crippen molar-refractivity contribution in [2.75, 3.05) is 5.32 Å². The molecule has 1 aliphatic rings. The van der Waals surface area contributed by atoms with Crippen molar-refractivity contribution in [3.63, 3.8) is 0 Å². The monoisotopic (exact) mass is 354 g/mol. The molecule has 0 saturated carbocycles. The topological polar surface area (TPSA) is 81.6 Å². The van der Waals surface area contributed by atoms with Crippen molar-refractivity contribution < 1.29 is 19.7 Å². The summed E-state index contributed by atoms with van der Waals surface area (Å²) in [6, 6.07) is 7.65. The highest BCUT2D eigenvalue weighted by molar-refractivity contribution is 5.86. The van der Waals surface area contributed by atoms with E-state index in [4.69, 9.17) is 4.74 Å². The van der Waals surface area contributed by atoms with Gasteiger partial charge in [-0.05, 0) is 63.8 Å². The van der Waals surface area contributed by atoms with Gasteiger partial charge in [0.2, 0.25) is 0 Å². The number of aryl methyl sites for hydroxylation is 1. The van der Waals surface area contributed by atoms with Crippen molar-refractivity contribution in [3.8, 4) is 5.75 Å². The molecule has 1 amide bonds. The molecule has 1 unspecified atom stereocenters. The lowest BCUT2D eigenvalue weighted by molar-refractivity contribution is -0.242. The molecule has 0 saturated heterocycles. The molecule has 2 aromatic carbocycles. The number of amides is 1. The van der Waals surface area contributed by atoms with E-state index in [0.717, 1.165) is 16.7 Å². The van der Waals surface area contributed by atoms with Gasteiger partial charge < -0.3 is 25.1 Å². The second-order valence-corrected chi connectivity index (χ2v) is 7.56. The Hall–Kier alpha value is -2.53. The maximum atomic E-state index is 11.9. The Morgan fingerprint density at radius 2 is 1.62 bits per heavy atom. The molecule has 0 spiro atoms. The van der Waals surface area contributed by atoms with Crippen molar-refractivity contribution >= 4 is 11.8 Å². The molecule has 26 heavy (non-hydrogen) atoms. The van der Waals surface area contributed by atoms with E-state index in [-0.39, 0.29) is 0 Å². The molecule has 2 N–H and O–H groups in total.